The topological polar surface area (TPSA) is 42.0 Å². The van der Waals surface area contributed by atoms with Gasteiger partial charge in [-0.15, -0.1) is 0 Å². The van der Waals surface area contributed by atoms with E-state index in [0.717, 1.165) is 52.2 Å². The van der Waals surface area contributed by atoms with Gasteiger partial charge in [-0.3, -0.25) is 14.6 Å². The maximum atomic E-state index is 11.9. The summed E-state index contributed by atoms with van der Waals surface area (Å²) in [6, 6.07) is 0.574. The monoisotopic (exact) mass is 298 g/mol. The molecule has 2 atom stereocenters. The summed E-state index contributed by atoms with van der Waals surface area (Å²) in [6.45, 7) is 12.5. The molecule has 0 spiro atoms. The van der Waals surface area contributed by atoms with Crippen LogP contribution in [0.25, 0.3) is 0 Å². The lowest BCUT2D eigenvalue weighted by Gasteiger charge is -2.39. The van der Waals surface area contributed by atoms with Crippen molar-refractivity contribution in [1.29, 1.82) is 0 Å². The summed E-state index contributed by atoms with van der Waals surface area (Å²) in [6.07, 6.45) is 2.30. The summed E-state index contributed by atoms with van der Waals surface area (Å²) in [4.78, 5) is 16.7. The number of hydrogen-bond donors (Lipinski definition) is 0. The summed E-state index contributed by atoms with van der Waals surface area (Å²) in [5, 5.41) is 0. The largest absolute Gasteiger partial charge is 0.466 e. The molecule has 2 unspecified atom stereocenters. The highest BCUT2D eigenvalue weighted by atomic mass is 16.5. The SMILES string of the molecule is CCOC(=O)C1CCCN(CC2CN(C(C)C)CCO2)C1. The zero-order valence-corrected chi connectivity index (χ0v) is 13.7. The van der Waals surface area contributed by atoms with Gasteiger partial charge in [0.1, 0.15) is 0 Å². The van der Waals surface area contributed by atoms with Gasteiger partial charge >= 0.3 is 5.97 Å². The highest BCUT2D eigenvalue weighted by Gasteiger charge is 2.30. The zero-order valence-electron chi connectivity index (χ0n) is 13.7. The standard InChI is InChI=1S/C16H30N2O3/c1-4-20-16(19)14-6-5-7-17(10-14)11-15-12-18(13(2)3)8-9-21-15/h13-15H,4-12H2,1-3H3. The van der Waals surface area contributed by atoms with Crippen LogP contribution in [0, 0.1) is 5.92 Å². The molecule has 2 saturated heterocycles. The average molecular weight is 298 g/mol. The number of piperidine rings is 1. The molecule has 2 heterocycles. The van der Waals surface area contributed by atoms with E-state index in [9.17, 15) is 4.79 Å². The molecule has 0 radical (unpaired) electrons. The van der Waals surface area contributed by atoms with Gasteiger partial charge in [0.05, 0.1) is 25.2 Å². The van der Waals surface area contributed by atoms with Crippen molar-refractivity contribution < 1.29 is 14.3 Å². The summed E-state index contributed by atoms with van der Waals surface area (Å²) in [5.74, 6) is 0.0130. The Morgan fingerprint density at radius 1 is 1.33 bits per heavy atom. The Labute approximate surface area is 128 Å². The van der Waals surface area contributed by atoms with E-state index in [1.807, 2.05) is 6.92 Å². The van der Waals surface area contributed by atoms with E-state index in [1.54, 1.807) is 0 Å². The highest BCUT2D eigenvalue weighted by Crippen LogP contribution is 2.19. The fraction of sp³-hybridized carbons (Fsp3) is 0.938. The highest BCUT2D eigenvalue weighted by molar-refractivity contribution is 5.72. The number of rotatable bonds is 5. The quantitative estimate of drug-likeness (QED) is 0.717. The van der Waals surface area contributed by atoms with Crippen molar-refractivity contribution in [2.24, 2.45) is 5.92 Å². The third-order valence-electron chi connectivity index (χ3n) is 4.49. The van der Waals surface area contributed by atoms with E-state index in [4.69, 9.17) is 9.47 Å². The molecule has 0 amide bonds. The van der Waals surface area contributed by atoms with Crippen LogP contribution in [0.3, 0.4) is 0 Å². The van der Waals surface area contributed by atoms with Gasteiger partial charge in [0.25, 0.3) is 0 Å². The number of esters is 1. The lowest BCUT2D eigenvalue weighted by molar-refractivity contribution is -0.150. The molecular weight excluding hydrogens is 268 g/mol. The van der Waals surface area contributed by atoms with Crippen LogP contribution in [0.5, 0.6) is 0 Å². The Morgan fingerprint density at radius 3 is 2.86 bits per heavy atom. The summed E-state index contributed by atoms with van der Waals surface area (Å²) in [5.41, 5.74) is 0. The van der Waals surface area contributed by atoms with Crippen LogP contribution in [-0.4, -0.2) is 73.9 Å². The van der Waals surface area contributed by atoms with Gasteiger partial charge in [-0.05, 0) is 40.2 Å². The van der Waals surface area contributed by atoms with Crippen LogP contribution in [0.1, 0.15) is 33.6 Å². The Balaban J connectivity index is 1.80. The molecule has 0 bridgehead atoms. The molecule has 5 nitrogen and oxygen atoms in total. The van der Waals surface area contributed by atoms with Crippen molar-refractivity contribution >= 4 is 5.97 Å². The average Bonchev–Trinajstić information content (AvgIpc) is 2.48. The van der Waals surface area contributed by atoms with Crippen molar-refractivity contribution in [2.45, 2.75) is 45.8 Å². The van der Waals surface area contributed by atoms with E-state index in [2.05, 4.69) is 23.6 Å². The minimum absolute atomic E-state index is 0.0319. The van der Waals surface area contributed by atoms with Crippen LogP contribution in [-0.2, 0) is 14.3 Å². The first-order valence-corrected chi connectivity index (χ1v) is 8.34. The molecule has 21 heavy (non-hydrogen) atoms. The fourth-order valence-electron chi connectivity index (χ4n) is 3.28. The first kappa shape index (κ1) is 16.7. The van der Waals surface area contributed by atoms with Crippen LogP contribution < -0.4 is 0 Å². The smallest absolute Gasteiger partial charge is 0.310 e. The third kappa shape index (κ3) is 4.94. The maximum absolute atomic E-state index is 11.9. The molecule has 0 N–H and O–H groups in total. The van der Waals surface area contributed by atoms with Gasteiger partial charge in [-0.1, -0.05) is 0 Å². The molecule has 0 aromatic rings. The van der Waals surface area contributed by atoms with Gasteiger partial charge in [0.2, 0.25) is 0 Å². The lowest BCUT2D eigenvalue weighted by atomic mass is 9.98. The molecule has 5 heteroatoms. The molecule has 0 aliphatic carbocycles. The molecular formula is C16H30N2O3. The van der Waals surface area contributed by atoms with Gasteiger partial charge < -0.3 is 9.47 Å². The predicted octanol–water partition coefficient (Wildman–Crippen LogP) is 1.37. The minimum Gasteiger partial charge on any atom is -0.466 e. The number of carbonyl (C=O) groups excluding carboxylic acids is 1. The van der Waals surface area contributed by atoms with Gasteiger partial charge in [-0.2, -0.15) is 0 Å². The number of likely N-dealkylation sites (tertiary alicyclic amines) is 1. The summed E-state index contributed by atoms with van der Waals surface area (Å²) < 4.78 is 11.1. The molecule has 2 rings (SSSR count). The summed E-state index contributed by atoms with van der Waals surface area (Å²) >= 11 is 0. The van der Waals surface area contributed by atoms with Crippen LogP contribution in [0.4, 0.5) is 0 Å². The van der Waals surface area contributed by atoms with Crippen LogP contribution >= 0.6 is 0 Å². The Hall–Kier alpha value is -0.650. The molecule has 0 aromatic heterocycles. The zero-order chi connectivity index (χ0) is 15.2. The Bertz CT molecular complexity index is 335. The van der Waals surface area contributed by atoms with Crippen molar-refractivity contribution in [3.63, 3.8) is 0 Å². The van der Waals surface area contributed by atoms with Crippen LogP contribution in [0.15, 0.2) is 0 Å². The van der Waals surface area contributed by atoms with Crippen molar-refractivity contribution in [1.82, 2.24) is 9.80 Å². The molecule has 2 fully saturated rings. The van der Waals surface area contributed by atoms with Crippen molar-refractivity contribution in [2.75, 3.05) is 45.9 Å². The van der Waals surface area contributed by atoms with Crippen molar-refractivity contribution in [3.05, 3.63) is 0 Å². The molecule has 122 valence electrons. The number of hydrogen-bond acceptors (Lipinski definition) is 5. The number of morpholine rings is 1. The van der Waals surface area contributed by atoms with E-state index >= 15 is 0 Å². The summed E-state index contributed by atoms with van der Waals surface area (Å²) in [7, 11) is 0. The van der Waals surface area contributed by atoms with E-state index in [1.165, 1.54) is 0 Å². The van der Waals surface area contributed by atoms with E-state index in [-0.39, 0.29) is 18.0 Å². The van der Waals surface area contributed by atoms with Gasteiger partial charge in [-0.25, -0.2) is 0 Å². The second kappa shape index (κ2) is 8.11. The maximum Gasteiger partial charge on any atom is 0.310 e. The second-order valence-electron chi connectivity index (χ2n) is 6.43. The second-order valence-corrected chi connectivity index (χ2v) is 6.43. The number of carbonyl (C=O) groups is 1. The first-order valence-electron chi connectivity index (χ1n) is 8.34. The third-order valence-corrected chi connectivity index (χ3v) is 4.49. The van der Waals surface area contributed by atoms with Crippen LogP contribution in [0.2, 0.25) is 0 Å². The normalized spacial score (nSPS) is 28.8. The first-order chi connectivity index (χ1) is 10.1. The molecule has 2 aliphatic heterocycles. The van der Waals surface area contributed by atoms with Gasteiger partial charge in [0, 0.05) is 32.2 Å². The molecule has 0 saturated carbocycles. The van der Waals surface area contributed by atoms with E-state index in [0.29, 0.717) is 12.6 Å². The molecule has 0 aromatic carbocycles. The lowest BCUT2D eigenvalue weighted by Crippen LogP contribution is -2.51. The van der Waals surface area contributed by atoms with Gasteiger partial charge in [0.15, 0.2) is 0 Å². The fourth-order valence-corrected chi connectivity index (χ4v) is 3.28. The van der Waals surface area contributed by atoms with E-state index < -0.39 is 0 Å². The minimum atomic E-state index is -0.0319. The predicted molar refractivity (Wildman–Crippen MR) is 82.2 cm³/mol. The van der Waals surface area contributed by atoms with Crippen molar-refractivity contribution in [3.8, 4) is 0 Å². The Morgan fingerprint density at radius 2 is 2.14 bits per heavy atom. The molecule has 2 aliphatic rings. The Kier molecular flexibility index (Phi) is 6.45. The number of ether oxygens (including phenoxy) is 2. The number of nitrogens with zero attached hydrogens (tertiary/aromatic N) is 2.